The molecule has 2 N–H and O–H groups in total. The highest BCUT2D eigenvalue weighted by molar-refractivity contribution is 5.69. The normalized spacial score (nSPS) is 10.3. The van der Waals surface area contributed by atoms with E-state index in [1.807, 2.05) is 0 Å². The van der Waals surface area contributed by atoms with Crippen molar-refractivity contribution in [2.75, 3.05) is 45.6 Å². The molecule has 0 aliphatic rings. The Bertz CT molecular complexity index is 930. The highest BCUT2D eigenvalue weighted by Crippen LogP contribution is 2.38. The summed E-state index contributed by atoms with van der Waals surface area (Å²) in [4.78, 5) is 30.4. The van der Waals surface area contributed by atoms with Crippen LogP contribution in [0.1, 0.15) is 31.2 Å². The lowest BCUT2D eigenvalue weighted by Crippen LogP contribution is -2.11. The summed E-state index contributed by atoms with van der Waals surface area (Å²) in [5.74, 6) is 1.35. The molecule has 2 aromatic rings. The Morgan fingerprint density at radius 2 is 1.61 bits per heavy atom. The van der Waals surface area contributed by atoms with Crippen LogP contribution in [0.25, 0.3) is 0 Å². The number of nitrogens with zero attached hydrogens (tertiary/aromatic N) is 3. The lowest BCUT2D eigenvalue weighted by Gasteiger charge is -2.15. The van der Waals surface area contributed by atoms with Crippen molar-refractivity contribution >= 4 is 23.3 Å². The SMILES string of the molecule is COC(=O)CCCCCNc1ncnc(NCc2cc(OC)c(OC)c(OC)c2)c1[N+](=O)[O-]. The number of hydrogen-bond acceptors (Lipinski definition) is 11. The monoisotopic (exact) mass is 463 g/mol. The minimum Gasteiger partial charge on any atom is -0.493 e. The molecule has 0 saturated heterocycles. The van der Waals surface area contributed by atoms with E-state index in [0.29, 0.717) is 43.1 Å². The third-order valence-corrected chi connectivity index (χ3v) is 4.77. The number of esters is 1. The number of carbonyl (C=O) groups is 1. The van der Waals surface area contributed by atoms with E-state index in [1.54, 1.807) is 12.1 Å². The molecule has 0 saturated carbocycles. The summed E-state index contributed by atoms with van der Waals surface area (Å²) < 4.78 is 20.6. The first kappa shape index (κ1) is 25.4. The maximum Gasteiger partial charge on any atom is 0.353 e. The fourth-order valence-electron chi connectivity index (χ4n) is 3.11. The van der Waals surface area contributed by atoms with E-state index in [0.717, 1.165) is 12.0 Å². The fraction of sp³-hybridized carbons (Fsp3) is 0.476. The zero-order valence-corrected chi connectivity index (χ0v) is 19.2. The Balaban J connectivity index is 2.07. The van der Waals surface area contributed by atoms with Crippen molar-refractivity contribution < 1.29 is 28.7 Å². The number of anilines is 2. The highest BCUT2D eigenvalue weighted by atomic mass is 16.6. The second-order valence-corrected chi connectivity index (χ2v) is 6.88. The average molecular weight is 463 g/mol. The van der Waals surface area contributed by atoms with Crippen molar-refractivity contribution in [2.45, 2.75) is 32.2 Å². The molecule has 33 heavy (non-hydrogen) atoms. The first-order valence-corrected chi connectivity index (χ1v) is 10.3. The fourth-order valence-corrected chi connectivity index (χ4v) is 3.11. The Hall–Kier alpha value is -3.83. The van der Waals surface area contributed by atoms with Crippen molar-refractivity contribution in [3.05, 3.63) is 34.1 Å². The van der Waals surface area contributed by atoms with Crippen LogP contribution in [-0.4, -0.2) is 55.8 Å². The van der Waals surface area contributed by atoms with E-state index in [9.17, 15) is 14.9 Å². The van der Waals surface area contributed by atoms with Gasteiger partial charge in [0.1, 0.15) is 6.33 Å². The van der Waals surface area contributed by atoms with Gasteiger partial charge in [-0.3, -0.25) is 14.9 Å². The highest BCUT2D eigenvalue weighted by Gasteiger charge is 2.23. The predicted octanol–water partition coefficient (Wildman–Crippen LogP) is 3.17. The summed E-state index contributed by atoms with van der Waals surface area (Å²) in [6, 6.07) is 3.49. The Kier molecular flexibility index (Phi) is 9.93. The molecule has 0 aliphatic carbocycles. The molecule has 0 fully saturated rings. The minimum atomic E-state index is -0.531. The van der Waals surface area contributed by atoms with E-state index in [4.69, 9.17) is 14.2 Å². The van der Waals surface area contributed by atoms with E-state index >= 15 is 0 Å². The number of benzene rings is 1. The van der Waals surface area contributed by atoms with Gasteiger partial charge in [-0.2, -0.15) is 0 Å². The molecule has 12 heteroatoms. The zero-order valence-electron chi connectivity index (χ0n) is 19.2. The van der Waals surface area contributed by atoms with Crippen molar-refractivity contribution in [1.82, 2.24) is 9.97 Å². The van der Waals surface area contributed by atoms with Crippen LogP contribution in [0.3, 0.4) is 0 Å². The molecule has 1 aromatic carbocycles. The average Bonchev–Trinajstić information content (AvgIpc) is 2.83. The smallest absolute Gasteiger partial charge is 0.353 e. The van der Waals surface area contributed by atoms with Gasteiger partial charge in [0.25, 0.3) is 0 Å². The van der Waals surface area contributed by atoms with Crippen molar-refractivity contribution in [2.24, 2.45) is 0 Å². The summed E-state index contributed by atoms with van der Waals surface area (Å²) in [6.07, 6.45) is 3.77. The van der Waals surface area contributed by atoms with Crippen molar-refractivity contribution in [3.63, 3.8) is 0 Å². The second kappa shape index (κ2) is 12.9. The quantitative estimate of drug-likeness (QED) is 0.184. The molecule has 0 aliphatic heterocycles. The third-order valence-electron chi connectivity index (χ3n) is 4.77. The maximum absolute atomic E-state index is 11.7. The van der Waals surface area contributed by atoms with Crippen molar-refractivity contribution in [1.29, 1.82) is 0 Å². The van der Waals surface area contributed by atoms with Gasteiger partial charge >= 0.3 is 11.7 Å². The predicted molar refractivity (Wildman–Crippen MR) is 121 cm³/mol. The number of nitrogens with one attached hydrogen (secondary N) is 2. The maximum atomic E-state index is 11.7. The van der Waals surface area contributed by atoms with Crippen LogP contribution < -0.4 is 24.8 Å². The second-order valence-electron chi connectivity index (χ2n) is 6.88. The van der Waals surface area contributed by atoms with Crippen LogP contribution >= 0.6 is 0 Å². The molecule has 0 radical (unpaired) electrons. The van der Waals surface area contributed by atoms with E-state index in [-0.39, 0.29) is 29.8 Å². The minimum absolute atomic E-state index is 0.0805. The molecule has 0 amide bonds. The Labute approximate surface area is 191 Å². The number of aromatic nitrogens is 2. The molecular formula is C21H29N5O7. The summed E-state index contributed by atoms with van der Waals surface area (Å²) in [6.45, 7) is 0.687. The molecule has 0 spiro atoms. The van der Waals surface area contributed by atoms with Gasteiger partial charge in [-0.25, -0.2) is 9.97 Å². The third kappa shape index (κ3) is 7.09. The Morgan fingerprint density at radius 3 is 2.15 bits per heavy atom. The standard InChI is InChI=1S/C21H29N5O7/c1-30-15-10-14(11-16(31-2)19(15)33-4)12-23-21-18(26(28)29)20(24-13-25-21)22-9-7-5-6-8-17(27)32-3/h10-11,13H,5-9,12H2,1-4H3,(H2,22,23,24,25). The van der Waals surface area contributed by atoms with Gasteiger partial charge < -0.3 is 29.6 Å². The molecule has 0 bridgehead atoms. The van der Waals surface area contributed by atoms with Crippen LogP contribution in [0.5, 0.6) is 17.2 Å². The van der Waals surface area contributed by atoms with Crippen LogP contribution in [-0.2, 0) is 16.1 Å². The summed E-state index contributed by atoms with van der Waals surface area (Å²) in [7, 11) is 5.88. The van der Waals surface area contributed by atoms with Crippen molar-refractivity contribution in [3.8, 4) is 17.2 Å². The number of unbranched alkanes of at least 4 members (excludes halogenated alkanes) is 2. The van der Waals surface area contributed by atoms with Gasteiger partial charge in [-0.15, -0.1) is 0 Å². The number of rotatable bonds is 14. The van der Waals surface area contributed by atoms with Crippen LogP contribution in [0.2, 0.25) is 0 Å². The topological polar surface area (TPSA) is 147 Å². The summed E-state index contributed by atoms with van der Waals surface area (Å²) >= 11 is 0. The molecule has 0 atom stereocenters. The molecule has 1 heterocycles. The van der Waals surface area contributed by atoms with Crippen LogP contribution in [0.15, 0.2) is 18.5 Å². The Morgan fingerprint density at radius 1 is 0.970 bits per heavy atom. The van der Waals surface area contributed by atoms with Gasteiger partial charge in [0.2, 0.25) is 17.4 Å². The number of hydrogen-bond donors (Lipinski definition) is 2. The largest absolute Gasteiger partial charge is 0.493 e. The van der Waals surface area contributed by atoms with Gasteiger partial charge in [0, 0.05) is 19.5 Å². The number of carbonyl (C=O) groups excluding carboxylic acids is 1. The van der Waals surface area contributed by atoms with Gasteiger partial charge in [0.15, 0.2) is 11.5 Å². The lowest BCUT2D eigenvalue weighted by atomic mass is 10.1. The molecule has 2 rings (SSSR count). The van der Waals surface area contributed by atoms with E-state index in [2.05, 4.69) is 25.3 Å². The van der Waals surface area contributed by atoms with E-state index < -0.39 is 4.92 Å². The molecule has 180 valence electrons. The van der Waals surface area contributed by atoms with Gasteiger partial charge in [-0.05, 0) is 30.5 Å². The number of ether oxygens (including phenoxy) is 4. The van der Waals surface area contributed by atoms with Crippen LogP contribution in [0.4, 0.5) is 17.3 Å². The molecule has 0 unspecified atom stereocenters. The molecule has 12 nitrogen and oxygen atoms in total. The van der Waals surface area contributed by atoms with E-state index in [1.165, 1.54) is 34.8 Å². The zero-order chi connectivity index (χ0) is 24.2. The van der Waals surface area contributed by atoms with Crippen LogP contribution in [0, 0.1) is 10.1 Å². The number of methoxy groups -OCH3 is 4. The molecular weight excluding hydrogens is 434 g/mol. The lowest BCUT2D eigenvalue weighted by molar-refractivity contribution is -0.383. The number of nitro groups is 1. The van der Waals surface area contributed by atoms with Gasteiger partial charge in [-0.1, -0.05) is 6.42 Å². The first-order valence-electron chi connectivity index (χ1n) is 10.3. The summed E-state index contributed by atoms with van der Waals surface area (Å²) in [5, 5.41) is 17.7. The summed E-state index contributed by atoms with van der Waals surface area (Å²) in [5.41, 5.74) is 0.497. The first-order chi connectivity index (χ1) is 15.9. The van der Waals surface area contributed by atoms with Gasteiger partial charge in [0.05, 0.1) is 33.4 Å². The molecule has 1 aromatic heterocycles.